The Morgan fingerprint density at radius 2 is 1.95 bits per heavy atom. The van der Waals surface area contributed by atoms with Crippen molar-refractivity contribution in [2.24, 2.45) is 5.92 Å². The predicted octanol–water partition coefficient (Wildman–Crippen LogP) is 2.61. The lowest BCUT2D eigenvalue weighted by Gasteiger charge is -2.33. The van der Waals surface area contributed by atoms with Crippen LogP contribution in [0.2, 0.25) is 0 Å². The molecule has 0 unspecified atom stereocenters. The van der Waals surface area contributed by atoms with Crippen LogP contribution in [0, 0.1) is 5.92 Å². The van der Waals surface area contributed by atoms with Crippen LogP contribution in [0.1, 0.15) is 51.9 Å². The third kappa shape index (κ3) is 3.64. The number of carbonyl (C=O) groups is 2. The number of hydrogen-bond acceptors (Lipinski definition) is 4. The molecule has 0 aromatic heterocycles. The van der Waals surface area contributed by atoms with E-state index in [2.05, 4.69) is 0 Å². The highest BCUT2D eigenvalue weighted by atomic mass is 16.7. The lowest BCUT2D eigenvalue weighted by Crippen LogP contribution is -2.43. The normalized spacial score (nSPS) is 22.8. The van der Waals surface area contributed by atoms with Crippen LogP contribution in [-0.4, -0.2) is 36.7 Å². The fourth-order valence-corrected chi connectivity index (χ4v) is 3.24. The smallest absolute Gasteiger partial charge is 0.313 e. The van der Waals surface area contributed by atoms with Crippen molar-refractivity contribution in [1.29, 1.82) is 0 Å². The second kappa shape index (κ2) is 7.59. The molecule has 1 atom stereocenters. The first kappa shape index (κ1) is 16.0. The zero-order valence-electron chi connectivity index (χ0n) is 13.0. The van der Waals surface area contributed by atoms with Gasteiger partial charge in [0.15, 0.2) is 0 Å². The van der Waals surface area contributed by atoms with Crippen LogP contribution in [0.15, 0.2) is 11.6 Å². The maximum Gasteiger partial charge on any atom is 0.313 e. The first-order chi connectivity index (χ1) is 10.2. The topological polar surface area (TPSA) is 55.8 Å². The summed E-state index contributed by atoms with van der Waals surface area (Å²) in [5, 5.41) is 1.52. The molecule has 2 aliphatic rings. The second-order valence-corrected chi connectivity index (χ2v) is 5.65. The monoisotopic (exact) mass is 295 g/mol. The van der Waals surface area contributed by atoms with Crippen LogP contribution in [0.3, 0.4) is 0 Å². The maximum absolute atomic E-state index is 12.8. The quantitative estimate of drug-likeness (QED) is 0.578. The number of methoxy groups -OCH3 is 1. The van der Waals surface area contributed by atoms with E-state index in [1.165, 1.54) is 18.6 Å². The minimum atomic E-state index is -0.436. The summed E-state index contributed by atoms with van der Waals surface area (Å²) in [7, 11) is 1.37. The summed E-state index contributed by atoms with van der Waals surface area (Å²) >= 11 is 0. The first-order valence-electron chi connectivity index (χ1n) is 7.93. The molecule has 1 amide bonds. The minimum Gasteiger partial charge on any atom is -0.469 e. The maximum atomic E-state index is 12.8. The number of amides is 1. The van der Waals surface area contributed by atoms with Crippen LogP contribution in [0.4, 0.5) is 0 Å². The van der Waals surface area contributed by atoms with Gasteiger partial charge in [-0.2, -0.15) is 0 Å². The van der Waals surface area contributed by atoms with Crippen LogP contribution in [0.5, 0.6) is 0 Å². The van der Waals surface area contributed by atoms with E-state index in [0.29, 0.717) is 18.6 Å². The fraction of sp³-hybridized carbons (Fsp3) is 0.750. The number of allylic oxidation sites excluding steroid dienone is 1. The van der Waals surface area contributed by atoms with E-state index >= 15 is 0 Å². The Balaban J connectivity index is 2.11. The molecule has 0 aromatic carbocycles. The number of rotatable bonds is 5. The summed E-state index contributed by atoms with van der Waals surface area (Å²) in [6.45, 7) is 2.34. The Labute approximate surface area is 126 Å². The van der Waals surface area contributed by atoms with Gasteiger partial charge in [-0.1, -0.05) is 25.3 Å². The molecule has 21 heavy (non-hydrogen) atoms. The lowest BCUT2D eigenvalue weighted by molar-refractivity contribution is -0.198. The number of ether oxygens (including phenoxy) is 1. The molecule has 0 saturated heterocycles. The third-order valence-corrected chi connectivity index (χ3v) is 4.30. The SMILES string of the molecule is CCON(C(=O)C1=CCC[C@H]1C(=O)OC)C1CCCCC1. The van der Waals surface area contributed by atoms with Gasteiger partial charge in [-0.3, -0.25) is 14.4 Å². The molecule has 5 nitrogen and oxygen atoms in total. The zero-order chi connectivity index (χ0) is 15.2. The molecule has 2 aliphatic carbocycles. The van der Waals surface area contributed by atoms with Crippen molar-refractivity contribution >= 4 is 11.9 Å². The van der Waals surface area contributed by atoms with Crippen molar-refractivity contribution in [3.63, 3.8) is 0 Å². The Bertz CT molecular complexity index is 413. The number of hydroxylamine groups is 2. The van der Waals surface area contributed by atoms with Crippen molar-refractivity contribution in [3.8, 4) is 0 Å². The number of hydrogen-bond donors (Lipinski definition) is 0. The van der Waals surface area contributed by atoms with Gasteiger partial charge in [0, 0.05) is 5.57 Å². The summed E-state index contributed by atoms with van der Waals surface area (Å²) in [6.07, 6.45) is 8.67. The van der Waals surface area contributed by atoms with Gasteiger partial charge >= 0.3 is 5.97 Å². The largest absolute Gasteiger partial charge is 0.469 e. The van der Waals surface area contributed by atoms with Gasteiger partial charge in [0.2, 0.25) is 0 Å². The van der Waals surface area contributed by atoms with E-state index in [0.717, 1.165) is 32.1 Å². The van der Waals surface area contributed by atoms with Gasteiger partial charge in [-0.15, -0.1) is 0 Å². The van der Waals surface area contributed by atoms with Crippen molar-refractivity contribution in [3.05, 3.63) is 11.6 Å². The highest BCUT2D eigenvalue weighted by Gasteiger charge is 2.36. The molecule has 0 radical (unpaired) electrons. The number of esters is 1. The van der Waals surface area contributed by atoms with E-state index < -0.39 is 5.92 Å². The van der Waals surface area contributed by atoms with E-state index in [9.17, 15) is 9.59 Å². The van der Waals surface area contributed by atoms with E-state index in [1.807, 2.05) is 13.0 Å². The van der Waals surface area contributed by atoms with Crippen molar-refractivity contribution in [2.75, 3.05) is 13.7 Å². The van der Waals surface area contributed by atoms with Crippen molar-refractivity contribution < 1.29 is 19.2 Å². The highest BCUT2D eigenvalue weighted by Crippen LogP contribution is 2.31. The number of carbonyl (C=O) groups excluding carboxylic acids is 2. The molecule has 1 saturated carbocycles. The van der Waals surface area contributed by atoms with Crippen LogP contribution in [0.25, 0.3) is 0 Å². The molecule has 0 aliphatic heterocycles. The lowest BCUT2D eigenvalue weighted by atomic mass is 9.94. The fourth-order valence-electron chi connectivity index (χ4n) is 3.24. The van der Waals surface area contributed by atoms with Gasteiger partial charge in [0.05, 0.1) is 25.7 Å². The van der Waals surface area contributed by atoms with Gasteiger partial charge in [0.25, 0.3) is 5.91 Å². The molecule has 0 spiro atoms. The van der Waals surface area contributed by atoms with Gasteiger partial charge < -0.3 is 4.74 Å². The van der Waals surface area contributed by atoms with Crippen LogP contribution in [-0.2, 0) is 19.2 Å². The molecular formula is C16H25NO4. The summed E-state index contributed by atoms with van der Waals surface area (Å²) in [6, 6.07) is 0.131. The molecule has 1 fully saturated rings. The van der Waals surface area contributed by atoms with Gasteiger partial charge in [-0.05, 0) is 32.6 Å². The third-order valence-electron chi connectivity index (χ3n) is 4.30. The average molecular weight is 295 g/mol. The second-order valence-electron chi connectivity index (χ2n) is 5.65. The van der Waals surface area contributed by atoms with E-state index in [4.69, 9.17) is 9.57 Å². The van der Waals surface area contributed by atoms with E-state index in [-0.39, 0.29) is 17.9 Å². The molecule has 0 N–H and O–H groups in total. The Morgan fingerprint density at radius 3 is 2.57 bits per heavy atom. The molecule has 5 heteroatoms. The standard InChI is InChI=1S/C16H25NO4/c1-3-21-17(12-8-5-4-6-9-12)15(18)13-10-7-11-14(13)16(19)20-2/h10,12,14H,3-9,11H2,1-2H3/t14-/m1/s1. The summed E-state index contributed by atoms with van der Waals surface area (Å²) < 4.78 is 4.81. The Hall–Kier alpha value is -1.36. The average Bonchev–Trinajstić information content (AvgIpc) is 3.01. The number of nitrogens with zero attached hydrogens (tertiary/aromatic N) is 1. The van der Waals surface area contributed by atoms with Crippen LogP contribution >= 0.6 is 0 Å². The van der Waals surface area contributed by atoms with Crippen molar-refractivity contribution in [1.82, 2.24) is 5.06 Å². The minimum absolute atomic E-state index is 0.131. The highest BCUT2D eigenvalue weighted by molar-refractivity contribution is 5.99. The van der Waals surface area contributed by atoms with Gasteiger partial charge in [0.1, 0.15) is 0 Å². The van der Waals surface area contributed by atoms with Crippen molar-refractivity contribution in [2.45, 2.75) is 57.9 Å². The molecular weight excluding hydrogens is 270 g/mol. The molecule has 0 aromatic rings. The summed E-state index contributed by atoms with van der Waals surface area (Å²) in [5.41, 5.74) is 0.542. The first-order valence-corrected chi connectivity index (χ1v) is 7.93. The van der Waals surface area contributed by atoms with Gasteiger partial charge in [-0.25, -0.2) is 5.06 Å². The molecule has 2 rings (SSSR count). The molecule has 0 heterocycles. The Morgan fingerprint density at radius 1 is 1.24 bits per heavy atom. The van der Waals surface area contributed by atoms with E-state index in [1.54, 1.807) is 0 Å². The predicted molar refractivity (Wildman–Crippen MR) is 78.2 cm³/mol. The van der Waals surface area contributed by atoms with Crippen LogP contribution < -0.4 is 0 Å². The summed E-state index contributed by atoms with van der Waals surface area (Å²) in [5.74, 6) is -0.919. The summed E-state index contributed by atoms with van der Waals surface area (Å²) in [4.78, 5) is 30.2. The molecule has 0 bridgehead atoms. The zero-order valence-corrected chi connectivity index (χ0v) is 13.0. The Kier molecular flexibility index (Phi) is 5.79. The molecule has 118 valence electrons.